The van der Waals surface area contributed by atoms with Crippen LogP contribution in [0.2, 0.25) is 0 Å². The fourth-order valence-electron chi connectivity index (χ4n) is 3.35. The van der Waals surface area contributed by atoms with E-state index in [0.717, 1.165) is 25.8 Å². The lowest BCUT2D eigenvalue weighted by Gasteiger charge is -2.32. The van der Waals surface area contributed by atoms with E-state index < -0.39 is 0 Å². The molecule has 0 radical (unpaired) electrons. The Morgan fingerprint density at radius 1 is 1.12 bits per heavy atom. The molecule has 126 valence electrons. The van der Waals surface area contributed by atoms with E-state index in [1.165, 1.54) is 12.0 Å². The first-order chi connectivity index (χ1) is 11.8. The number of nitrogens with zero attached hydrogens (tertiary/aromatic N) is 2. The highest BCUT2D eigenvalue weighted by molar-refractivity contribution is 5.93. The lowest BCUT2D eigenvalue weighted by atomic mass is 9.80. The van der Waals surface area contributed by atoms with E-state index in [-0.39, 0.29) is 11.9 Å². The Hall–Kier alpha value is -2.43. The van der Waals surface area contributed by atoms with Crippen LogP contribution in [0, 0.1) is 0 Å². The molecule has 1 aliphatic carbocycles. The van der Waals surface area contributed by atoms with Crippen molar-refractivity contribution in [2.24, 2.45) is 0 Å². The summed E-state index contributed by atoms with van der Waals surface area (Å²) in [7, 11) is 0. The van der Waals surface area contributed by atoms with E-state index >= 15 is 0 Å². The molecular formula is C19H24N4O. The number of aromatic nitrogens is 2. The second kappa shape index (κ2) is 7.90. The maximum atomic E-state index is 12.5. The summed E-state index contributed by atoms with van der Waals surface area (Å²) < 4.78 is 0. The predicted octanol–water partition coefficient (Wildman–Crippen LogP) is 3.36. The number of hydrogen-bond acceptors (Lipinski definition) is 4. The molecule has 24 heavy (non-hydrogen) atoms. The first-order valence-corrected chi connectivity index (χ1v) is 8.69. The Bertz CT molecular complexity index is 657. The lowest BCUT2D eigenvalue weighted by molar-refractivity contribution is 0.0920. The van der Waals surface area contributed by atoms with Crippen molar-refractivity contribution in [3.05, 3.63) is 53.9 Å². The smallest absolute Gasteiger partial charge is 0.254 e. The molecular weight excluding hydrogens is 300 g/mol. The molecule has 1 aliphatic rings. The quantitative estimate of drug-likeness (QED) is 0.885. The molecule has 0 saturated heterocycles. The molecule has 3 rings (SSSR count). The van der Waals surface area contributed by atoms with Crippen LogP contribution in [0.1, 0.15) is 54.4 Å². The Labute approximate surface area is 142 Å². The van der Waals surface area contributed by atoms with E-state index in [1.54, 1.807) is 12.4 Å². The topological polar surface area (TPSA) is 66.9 Å². The molecule has 2 aromatic rings. The number of benzene rings is 1. The average Bonchev–Trinajstić information content (AvgIpc) is 2.64. The second-order valence-corrected chi connectivity index (χ2v) is 6.21. The van der Waals surface area contributed by atoms with Crippen molar-refractivity contribution in [3.8, 4) is 0 Å². The van der Waals surface area contributed by atoms with Crippen molar-refractivity contribution in [2.75, 3.05) is 11.9 Å². The highest BCUT2D eigenvalue weighted by Gasteiger charge is 2.28. The molecule has 1 heterocycles. The number of hydrogen-bond donors (Lipinski definition) is 2. The van der Waals surface area contributed by atoms with E-state index in [2.05, 4.69) is 44.9 Å². The minimum absolute atomic E-state index is 0.0918. The van der Waals surface area contributed by atoms with Gasteiger partial charge in [-0.05, 0) is 25.3 Å². The van der Waals surface area contributed by atoms with Gasteiger partial charge in [-0.2, -0.15) is 0 Å². The fraction of sp³-hybridized carbons (Fsp3) is 0.421. The highest BCUT2D eigenvalue weighted by atomic mass is 16.1. The van der Waals surface area contributed by atoms with Crippen LogP contribution in [0.4, 0.5) is 5.95 Å². The monoisotopic (exact) mass is 324 g/mol. The molecule has 2 atom stereocenters. The van der Waals surface area contributed by atoms with E-state index in [1.807, 2.05) is 13.0 Å². The minimum atomic E-state index is -0.0918. The van der Waals surface area contributed by atoms with Gasteiger partial charge in [0, 0.05) is 30.9 Å². The number of nitrogens with one attached hydrogen (secondary N) is 2. The normalized spacial score (nSPS) is 20.4. The van der Waals surface area contributed by atoms with Crippen LogP contribution in [-0.4, -0.2) is 28.5 Å². The molecule has 1 aromatic heterocycles. The Morgan fingerprint density at radius 2 is 1.83 bits per heavy atom. The van der Waals surface area contributed by atoms with Gasteiger partial charge in [0.05, 0.1) is 5.56 Å². The van der Waals surface area contributed by atoms with Gasteiger partial charge in [0.2, 0.25) is 5.95 Å². The zero-order valence-corrected chi connectivity index (χ0v) is 14.0. The standard InChI is InChI=1S/C19H24N4O/c1-2-20-19-21-12-15(13-22-19)18(24)23-17-11-7-6-10-16(17)14-8-4-3-5-9-14/h3-5,8-9,12-13,16-17H,2,6-7,10-11H2,1H3,(H,23,24)(H,20,21,22)/t16-,17+/m0/s1. The molecule has 5 nitrogen and oxygen atoms in total. The second-order valence-electron chi connectivity index (χ2n) is 6.21. The van der Waals surface area contributed by atoms with Crippen molar-refractivity contribution < 1.29 is 4.79 Å². The summed E-state index contributed by atoms with van der Waals surface area (Å²) in [5.41, 5.74) is 1.82. The van der Waals surface area contributed by atoms with Crippen LogP contribution in [0.5, 0.6) is 0 Å². The zero-order valence-electron chi connectivity index (χ0n) is 14.0. The van der Waals surface area contributed by atoms with Gasteiger partial charge in [-0.15, -0.1) is 0 Å². The number of carbonyl (C=O) groups is 1. The highest BCUT2D eigenvalue weighted by Crippen LogP contribution is 2.33. The first kappa shape index (κ1) is 16.4. The summed E-state index contributed by atoms with van der Waals surface area (Å²) in [6.07, 6.45) is 7.67. The van der Waals surface area contributed by atoms with Gasteiger partial charge in [-0.25, -0.2) is 9.97 Å². The summed E-state index contributed by atoms with van der Waals surface area (Å²) in [4.78, 5) is 20.9. The van der Waals surface area contributed by atoms with Crippen LogP contribution in [0.15, 0.2) is 42.7 Å². The fourth-order valence-corrected chi connectivity index (χ4v) is 3.35. The Morgan fingerprint density at radius 3 is 2.54 bits per heavy atom. The number of amides is 1. The van der Waals surface area contributed by atoms with Gasteiger partial charge in [0.25, 0.3) is 5.91 Å². The largest absolute Gasteiger partial charge is 0.355 e. The van der Waals surface area contributed by atoms with Crippen molar-refractivity contribution in [1.29, 1.82) is 0 Å². The van der Waals surface area contributed by atoms with Crippen LogP contribution in [0.25, 0.3) is 0 Å². The van der Waals surface area contributed by atoms with Gasteiger partial charge in [-0.1, -0.05) is 43.2 Å². The summed E-state index contributed by atoms with van der Waals surface area (Å²) in [6.45, 7) is 2.74. The summed E-state index contributed by atoms with van der Waals surface area (Å²) >= 11 is 0. The summed E-state index contributed by atoms with van der Waals surface area (Å²) in [6, 6.07) is 10.6. The van der Waals surface area contributed by atoms with E-state index in [9.17, 15) is 4.79 Å². The van der Waals surface area contributed by atoms with Crippen molar-refractivity contribution in [2.45, 2.75) is 44.6 Å². The van der Waals surface area contributed by atoms with Crippen molar-refractivity contribution in [1.82, 2.24) is 15.3 Å². The molecule has 1 amide bonds. The van der Waals surface area contributed by atoms with Crippen LogP contribution >= 0.6 is 0 Å². The molecule has 1 fully saturated rings. The molecule has 0 aliphatic heterocycles. The van der Waals surface area contributed by atoms with Gasteiger partial charge >= 0.3 is 0 Å². The van der Waals surface area contributed by atoms with Gasteiger partial charge < -0.3 is 10.6 Å². The molecule has 1 saturated carbocycles. The van der Waals surface area contributed by atoms with Gasteiger partial charge in [0.15, 0.2) is 0 Å². The Balaban J connectivity index is 1.69. The molecule has 1 aromatic carbocycles. The average molecular weight is 324 g/mol. The molecule has 0 spiro atoms. The van der Waals surface area contributed by atoms with Crippen LogP contribution < -0.4 is 10.6 Å². The number of carbonyl (C=O) groups excluding carboxylic acids is 1. The third-order valence-corrected chi connectivity index (χ3v) is 4.56. The Kier molecular flexibility index (Phi) is 5.41. The van der Waals surface area contributed by atoms with Gasteiger partial charge in [0.1, 0.15) is 0 Å². The third kappa shape index (κ3) is 3.91. The number of anilines is 1. The molecule has 0 bridgehead atoms. The van der Waals surface area contributed by atoms with Gasteiger partial charge in [-0.3, -0.25) is 4.79 Å². The zero-order chi connectivity index (χ0) is 16.8. The lowest BCUT2D eigenvalue weighted by Crippen LogP contribution is -2.41. The third-order valence-electron chi connectivity index (χ3n) is 4.56. The number of rotatable bonds is 5. The van der Waals surface area contributed by atoms with Crippen LogP contribution in [0.3, 0.4) is 0 Å². The molecule has 5 heteroatoms. The van der Waals surface area contributed by atoms with Crippen molar-refractivity contribution >= 4 is 11.9 Å². The maximum absolute atomic E-state index is 12.5. The maximum Gasteiger partial charge on any atom is 0.254 e. The SMILES string of the molecule is CCNc1ncc(C(=O)N[C@@H]2CCCC[C@H]2c2ccccc2)cn1. The first-order valence-electron chi connectivity index (χ1n) is 8.69. The van der Waals surface area contributed by atoms with E-state index in [4.69, 9.17) is 0 Å². The predicted molar refractivity (Wildman–Crippen MR) is 95.1 cm³/mol. The summed E-state index contributed by atoms with van der Waals surface area (Å²) in [5, 5.41) is 6.23. The van der Waals surface area contributed by atoms with Crippen molar-refractivity contribution in [3.63, 3.8) is 0 Å². The van der Waals surface area contributed by atoms with Crippen LogP contribution in [-0.2, 0) is 0 Å². The van der Waals surface area contributed by atoms with E-state index in [0.29, 0.717) is 17.4 Å². The molecule has 2 N–H and O–H groups in total. The minimum Gasteiger partial charge on any atom is -0.355 e. The summed E-state index contributed by atoms with van der Waals surface area (Å²) in [5.74, 6) is 0.839. The molecule has 0 unspecified atom stereocenters.